The van der Waals surface area contributed by atoms with Crippen molar-refractivity contribution >= 4 is 12.4 Å². The van der Waals surface area contributed by atoms with Crippen LogP contribution in [0.25, 0.3) is 11.4 Å². The first-order valence-electron chi connectivity index (χ1n) is 13.2. The van der Waals surface area contributed by atoms with Gasteiger partial charge in [0.1, 0.15) is 11.5 Å². The van der Waals surface area contributed by atoms with Gasteiger partial charge in [-0.25, -0.2) is 9.36 Å². The second-order valence-corrected chi connectivity index (χ2v) is 9.24. The van der Waals surface area contributed by atoms with E-state index in [4.69, 9.17) is 8.83 Å². The van der Waals surface area contributed by atoms with Crippen molar-refractivity contribution in [2.24, 2.45) is 9.98 Å². The first kappa shape index (κ1) is 30.9. The van der Waals surface area contributed by atoms with E-state index in [2.05, 4.69) is 20.2 Å². The van der Waals surface area contributed by atoms with E-state index >= 15 is 0 Å². The molecule has 0 amide bonds. The van der Waals surface area contributed by atoms with Crippen molar-refractivity contribution in [2.75, 3.05) is 0 Å². The largest absolute Gasteiger partial charge is 0.493 e. The molecule has 0 fully saturated rings. The summed E-state index contributed by atoms with van der Waals surface area (Å²) >= 11 is 0. The van der Waals surface area contributed by atoms with Crippen molar-refractivity contribution in [3.63, 3.8) is 0 Å². The Labute approximate surface area is 261 Å². The number of nitrogens with zero attached hydrogens (tertiary/aromatic N) is 6. The zero-order valence-corrected chi connectivity index (χ0v) is 26.9. The number of hydrogen-bond acceptors (Lipinski definition) is 8. The Morgan fingerprint density at radius 3 is 1.37 bits per heavy atom. The standard InChI is InChI=1S/2C16H15N3O2.Zn/c2*1-12-15(11-17-10-14-8-5-9-21-14)16(20)19(18-12)13-6-3-2-4-7-13;/h2*2-9,11,20H,10H2,1H3;. The molecule has 11 heteroatoms. The van der Waals surface area contributed by atoms with Crippen LogP contribution in [0.4, 0.5) is 0 Å². The third kappa shape index (κ3) is 7.64. The quantitative estimate of drug-likeness (QED) is 0.153. The van der Waals surface area contributed by atoms with Crippen molar-refractivity contribution < 1.29 is 38.5 Å². The molecule has 43 heavy (non-hydrogen) atoms. The van der Waals surface area contributed by atoms with Crippen LogP contribution < -0.4 is 0 Å². The molecule has 0 spiro atoms. The molecule has 0 aliphatic rings. The molecule has 6 rings (SSSR count). The molecule has 0 atom stereocenters. The van der Waals surface area contributed by atoms with Gasteiger partial charge < -0.3 is 19.0 Å². The predicted molar refractivity (Wildman–Crippen MR) is 160 cm³/mol. The summed E-state index contributed by atoms with van der Waals surface area (Å²) in [5, 5.41) is 29.3. The molecule has 0 bridgehead atoms. The van der Waals surface area contributed by atoms with Crippen molar-refractivity contribution in [2.45, 2.75) is 26.9 Å². The molecule has 214 valence electrons. The van der Waals surface area contributed by atoms with Crippen molar-refractivity contribution in [1.29, 1.82) is 0 Å². The van der Waals surface area contributed by atoms with Gasteiger partial charge in [-0.15, -0.1) is 0 Å². The van der Waals surface area contributed by atoms with E-state index in [1.54, 1.807) is 25.0 Å². The molecule has 0 radical (unpaired) electrons. The number of rotatable bonds is 8. The number of aromatic nitrogens is 4. The maximum Gasteiger partial charge on any atom is 0.223 e. The van der Waals surface area contributed by atoms with Gasteiger partial charge in [-0.05, 0) is 62.4 Å². The summed E-state index contributed by atoms with van der Waals surface area (Å²) < 4.78 is 13.4. The Balaban J connectivity index is 0.000000192. The Morgan fingerprint density at radius 2 is 1.02 bits per heavy atom. The van der Waals surface area contributed by atoms with E-state index in [0.717, 1.165) is 34.3 Å². The molecule has 2 aromatic carbocycles. The predicted octanol–water partition coefficient (Wildman–Crippen LogP) is 6.19. The number of aromatic hydroxyl groups is 2. The van der Waals surface area contributed by atoms with Crippen LogP contribution in [0.1, 0.15) is 34.0 Å². The van der Waals surface area contributed by atoms with Crippen LogP contribution in [-0.4, -0.2) is 42.2 Å². The molecule has 10 nitrogen and oxygen atoms in total. The molecule has 0 aliphatic carbocycles. The van der Waals surface area contributed by atoms with Crippen LogP contribution in [0.15, 0.2) is 116 Å². The number of para-hydroxylation sites is 2. The van der Waals surface area contributed by atoms with Crippen molar-refractivity contribution in [3.8, 4) is 23.1 Å². The summed E-state index contributed by atoms with van der Waals surface area (Å²) in [4.78, 5) is 8.56. The maximum absolute atomic E-state index is 10.3. The third-order valence-electron chi connectivity index (χ3n) is 6.26. The van der Waals surface area contributed by atoms with Gasteiger partial charge in [0.25, 0.3) is 0 Å². The van der Waals surface area contributed by atoms with E-state index in [-0.39, 0.29) is 31.2 Å². The van der Waals surface area contributed by atoms with Gasteiger partial charge in [-0.2, -0.15) is 10.2 Å². The van der Waals surface area contributed by atoms with Crippen LogP contribution in [0.3, 0.4) is 0 Å². The number of benzene rings is 2. The Hall–Kier alpha value is -5.02. The Kier molecular flexibility index (Phi) is 10.6. The van der Waals surface area contributed by atoms with Gasteiger partial charge in [0.2, 0.25) is 11.8 Å². The molecule has 0 saturated carbocycles. The van der Waals surface area contributed by atoms with Gasteiger partial charge in [0.15, 0.2) is 0 Å². The van der Waals surface area contributed by atoms with Gasteiger partial charge in [-0.3, -0.25) is 9.98 Å². The zero-order chi connectivity index (χ0) is 29.3. The fraction of sp³-hybridized carbons (Fsp3) is 0.125. The molecule has 4 heterocycles. The number of aliphatic imine (C=N–C) groups is 2. The van der Waals surface area contributed by atoms with Gasteiger partial charge in [0.05, 0.1) is 59.5 Å². The third-order valence-corrected chi connectivity index (χ3v) is 6.26. The monoisotopic (exact) mass is 626 g/mol. The van der Waals surface area contributed by atoms with Crippen LogP contribution in [0, 0.1) is 13.8 Å². The minimum absolute atomic E-state index is 0. The number of furan rings is 2. The van der Waals surface area contributed by atoms with Crippen LogP contribution in [-0.2, 0) is 32.6 Å². The molecule has 0 unspecified atom stereocenters. The normalized spacial score (nSPS) is 11.0. The summed E-state index contributed by atoms with van der Waals surface area (Å²) in [6.45, 7) is 4.55. The number of hydrogen-bond donors (Lipinski definition) is 2. The molecular formula is C32H30N6O4Zn. The van der Waals surface area contributed by atoms with E-state index < -0.39 is 0 Å². The minimum Gasteiger partial charge on any atom is -0.493 e. The van der Waals surface area contributed by atoms with E-state index in [1.165, 1.54) is 9.36 Å². The van der Waals surface area contributed by atoms with E-state index in [1.807, 2.05) is 98.8 Å². The summed E-state index contributed by atoms with van der Waals surface area (Å²) in [5.74, 6) is 1.72. The van der Waals surface area contributed by atoms with Crippen molar-refractivity contribution in [1.82, 2.24) is 19.6 Å². The summed E-state index contributed by atoms with van der Waals surface area (Å²) in [5.41, 5.74) is 4.29. The molecule has 0 saturated heterocycles. The summed E-state index contributed by atoms with van der Waals surface area (Å²) in [7, 11) is 0. The van der Waals surface area contributed by atoms with Gasteiger partial charge in [0, 0.05) is 31.9 Å². The average Bonchev–Trinajstić information content (AvgIpc) is 3.82. The Bertz CT molecular complexity index is 1630. The van der Waals surface area contributed by atoms with Gasteiger partial charge in [-0.1, -0.05) is 36.4 Å². The van der Waals surface area contributed by atoms with Crippen LogP contribution in [0.5, 0.6) is 11.8 Å². The first-order chi connectivity index (χ1) is 20.5. The maximum atomic E-state index is 10.3. The summed E-state index contributed by atoms with van der Waals surface area (Å²) in [6, 6.07) is 26.3. The van der Waals surface area contributed by atoms with Gasteiger partial charge >= 0.3 is 0 Å². The molecule has 0 aliphatic heterocycles. The fourth-order valence-electron chi connectivity index (χ4n) is 4.11. The topological polar surface area (TPSA) is 127 Å². The van der Waals surface area contributed by atoms with Crippen LogP contribution in [0.2, 0.25) is 0 Å². The zero-order valence-electron chi connectivity index (χ0n) is 23.9. The van der Waals surface area contributed by atoms with Crippen LogP contribution >= 0.6 is 0 Å². The Morgan fingerprint density at radius 1 is 0.628 bits per heavy atom. The first-order valence-corrected chi connectivity index (χ1v) is 13.2. The summed E-state index contributed by atoms with van der Waals surface area (Å²) in [6.07, 6.45) is 6.47. The molecular weight excluding hydrogens is 598 g/mol. The second kappa shape index (κ2) is 14.7. The minimum atomic E-state index is 0. The molecule has 6 aromatic rings. The van der Waals surface area contributed by atoms with Crippen molar-refractivity contribution in [3.05, 3.63) is 131 Å². The smallest absolute Gasteiger partial charge is 0.223 e. The second-order valence-electron chi connectivity index (χ2n) is 9.24. The SMILES string of the molecule is Cc1nn(-c2ccccc2)c(O)c1C=NCc1ccco1.Cc1nn(-c2ccccc2)c(O)c1C=NCc1ccco1.[Zn]. The molecule has 4 aromatic heterocycles. The fourth-order valence-corrected chi connectivity index (χ4v) is 4.11. The van der Waals surface area contributed by atoms with E-state index in [9.17, 15) is 10.2 Å². The van der Waals surface area contributed by atoms with E-state index in [0.29, 0.717) is 24.2 Å². The molecule has 2 N–H and O–H groups in total. The number of aryl methyl sites for hydroxylation is 2. The average molecular weight is 628 g/mol.